The van der Waals surface area contributed by atoms with Gasteiger partial charge in [0.1, 0.15) is 12.7 Å². The van der Waals surface area contributed by atoms with Crippen molar-refractivity contribution in [2.45, 2.75) is 19.5 Å². The highest BCUT2D eigenvalue weighted by molar-refractivity contribution is 5.91. The quantitative estimate of drug-likeness (QED) is 0.434. The molecule has 4 rings (SSSR count). The SMILES string of the molecule is C[C@@H](c1ccc(-n2cncn2)cc1)N(C)C(=O)/C=C/c1cnn(Cc2ccccc2)c1. The lowest BCUT2D eigenvalue weighted by Gasteiger charge is -2.24. The molecule has 7 nitrogen and oxygen atoms in total. The summed E-state index contributed by atoms with van der Waals surface area (Å²) in [6.07, 6.45) is 10.2. The van der Waals surface area contributed by atoms with E-state index in [1.807, 2.05) is 67.3 Å². The highest BCUT2D eigenvalue weighted by atomic mass is 16.2. The fourth-order valence-corrected chi connectivity index (χ4v) is 3.27. The molecule has 0 bridgehead atoms. The second-order valence-corrected chi connectivity index (χ2v) is 7.35. The molecule has 31 heavy (non-hydrogen) atoms. The van der Waals surface area contributed by atoms with Gasteiger partial charge < -0.3 is 4.90 Å². The third-order valence-corrected chi connectivity index (χ3v) is 5.25. The van der Waals surface area contributed by atoms with Crippen LogP contribution in [0.5, 0.6) is 0 Å². The fourth-order valence-electron chi connectivity index (χ4n) is 3.27. The molecule has 0 aliphatic rings. The molecular weight excluding hydrogens is 388 g/mol. The molecule has 0 radical (unpaired) electrons. The molecule has 156 valence electrons. The molecule has 7 heteroatoms. The van der Waals surface area contributed by atoms with Gasteiger partial charge in [-0.15, -0.1) is 0 Å². The maximum atomic E-state index is 12.7. The van der Waals surface area contributed by atoms with Crippen molar-refractivity contribution >= 4 is 12.0 Å². The zero-order valence-corrected chi connectivity index (χ0v) is 17.5. The Kier molecular flexibility index (Phi) is 6.03. The monoisotopic (exact) mass is 412 g/mol. The van der Waals surface area contributed by atoms with Crippen molar-refractivity contribution in [1.82, 2.24) is 29.4 Å². The number of hydrogen-bond donors (Lipinski definition) is 0. The zero-order valence-electron chi connectivity index (χ0n) is 17.5. The van der Waals surface area contributed by atoms with Crippen LogP contribution in [0.2, 0.25) is 0 Å². The highest BCUT2D eigenvalue weighted by Crippen LogP contribution is 2.20. The Bertz CT molecular complexity index is 1150. The molecular formula is C24H24N6O. The van der Waals surface area contributed by atoms with E-state index in [2.05, 4.69) is 27.3 Å². The smallest absolute Gasteiger partial charge is 0.246 e. The molecule has 0 unspecified atom stereocenters. The molecule has 1 atom stereocenters. The van der Waals surface area contributed by atoms with Gasteiger partial charge in [-0.25, -0.2) is 9.67 Å². The number of benzene rings is 2. The third kappa shape index (κ3) is 4.95. The number of aromatic nitrogens is 5. The average molecular weight is 412 g/mol. The summed E-state index contributed by atoms with van der Waals surface area (Å²) in [5.74, 6) is -0.0661. The summed E-state index contributed by atoms with van der Waals surface area (Å²) in [5.41, 5.74) is 4.04. The van der Waals surface area contributed by atoms with Crippen LogP contribution in [0.25, 0.3) is 11.8 Å². The van der Waals surface area contributed by atoms with Crippen LogP contribution in [-0.4, -0.2) is 42.4 Å². The first-order chi connectivity index (χ1) is 15.1. The molecule has 0 N–H and O–H groups in total. The van der Waals surface area contributed by atoms with Gasteiger partial charge in [0.05, 0.1) is 24.5 Å². The van der Waals surface area contributed by atoms with Crippen LogP contribution < -0.4 is 0 Å². The minimum atomic E-state index is -0.0669. The first-order valence-electron chi connectivity index (χ1n) is 10.1. The van der Waals surface area contributed by atoms with Crippen molar-refractivity contribution < 1.29 is 4.79 Å². The number of rotatable bonds is 7. The van der Waals surface area contributed by atoms with Gasteiger partial charge in [-0.05, 0) is 36.3 Å². The second kappa shape index (κ2) is 9.21. The number of likely N-dealkylation sites (N-methyl/N-ethyl adjacent to an activating group) is 1. The van der Waals surface area contributed by atoms with Crippen LogP contribution >= 0.6 is 0 Å². The van der Waals surface area contributed by atoms with Crippen molar-refractivity contribution in [3.63, 3.8) is 0 Å². The molecule has 0 aliphatic carbocycles. The number of hydrogen-bond acceptors (Lipinski definition) is 4. The van der Waals surface area contributed by atoms with Gasteiger partial charge >= 0.3 is 0 Å². The Morgan fingerprint density at radius 2 is 1.87 bits per heavy atom. The molecule has 2 heterocycles. The van der Waals surface area contributed by atoms with Crippen LogP contribution in [-0.2, 0) is 11.3 Å². The number of carbonyl (C=O) groups excluding carboxylic acids is 1. The average Bonchev–Trinajstić information content (AvgIpc) is 3.50. The van der Waals surface area contributed by atoms with Crippen LogP contribution in [0.15, 0.2) is 85.7 Å². The molecule has 2 aromatic carbocycles. The van der Waals surface area contributed by atoms with Crippen molar-refractivity contribution in [3.8, 4) is 5.69 Å². The predicted octanol–water partition coefficient (Wildman–Crippen LogP) is 3.74. The van der Waals surface area contributed by atoms with Gasteiger partial charge in [0.2, 0.25) is 5.91 Å². The second-order valence-electron chi connectivity index (χ2n) is 7.35. The Labute approximate surface area is 181 Å². The lowest BCUT2D eigenvalue weighted by Crippen LogP contribution is -2.27. The topological polar surface area (TPSA) is 68.8 Å². The summed E-state index contributed by atoms with van der Waals surface area (Å²) in [7, 11) is 1.81. The van der Waals surface area contributed by atoms with E-state index in [1.54, 1.807) is 34.3 Å². The van der Waals surface area contributed by atoms with Crippen molar-refractivity contribution in [1.29, 1.82) is 0 Å². The zero-order chi connectivity index (χ0) is 21.6. The summed E-state index contributed by atoms with van der Waals surface area (Å²) in [4.78, 5) is 18.4. The highest BCUT2D eigenvalue weighted by Gasteiger charge is 2.15. The Hall–Kier alpha value is -4.00. The minimum Gasteiger partial charge on any atom is -0.335 e. The van der Waals surface area contributed by atoms with Gasteiger partial charge in [-0.3, -0.25) is 9.48 Å². The molecule has 2 aromatic heterocycles. The predicted molar refractivity (Wildman–Crippen MR) is 119 cm³/mol. The third-order valence-electron chi connectivity index (χ3n) is 5.25. The Morgan fingerprint density at radius 3 is 2.58 bits per heavy atom. The molecule has 0 aliphatic heterocycles. The van der Waals surface area contributed by atoms with Crippen LogP contribution in [0.4, 0.5) is 0 Å². The van der Waals surface area contributed by atoms with Crippen molar-refractivity contribution in [2.24, 2.45) is 0 Å². The van der Waals surface area contributed by atoms with Gasteiger partial charge in [-0.1, -0.05) is 42.5 Å². The lowest BCUT2D eigenvalue weighted by atomic mass is 10.1. The first-order valence-corrected chi connectivity index (χ1v) is 10.1. The van der Waals surface area contributed by atoms with Gasteiger partial charge in [0, 0.05) is 24.9 Å². The minimum absolute atomic E-state index is 0.0661. The summed E-state index contributed by atoms with van der Waals surface area (Å²) in [6.45, 7) is 2.71. The number of nitrogens with zero attached hydrogens (tertiary/aromatic N) is 6. The fraction of sp³-hybridized carbons (Fsp3) is 0.167. The summed E-state index contributed by atoms with van der Waals surface area (Å²) >= 11 is 0. The van der Waals surface area contributed by atoms with Gasteiger partial charge in [0.25, 0.3) is 0 Å². The van der Waals surface area contributed by atoms with E-state index >= 15 is 0 Å². The number of amides is 1. The van der Waals surface area contributed by atoms with Crippen molar-refractivity contribution in [2.75, 3.05) is 7.05 Å². The maximum absolute atomic E-state index is 12.7. The Morgan fingerprint density at radius 1 is 1.10 bits per heavy atom. The largest absolute Gasteiger partial charge is 0.335 e. The first kappa shape index (κ1) is 20.3. The van der Waals surface area contributed by atoms with E-state index in [9.17, 15) is 4.79 Å². The lowest BCUT2D eigenvalue weighted by molar-refractivity contribution is -0.126. The molecule has 4 aromatic rings. The van der Waals surface area contributed by atoms with E-state index in [-0.39, 0.29) is 11.9 Å². The number of carbonyl (C=O) groups is 1. The van der Waals surface area contributed by atoms with E-state index in [0.717, 1.165) is 16.8 Å². The van der Waals surface area contributed by atoms with Gasteiger partial charge in [0.15, 0.2) is 0 Å². The summed E-state index contributed by atoms with van der Waals surface area (Å²) < 4.78 is 3.56. The van der Waals surface area contributed by atoms with E-state index < -0.39 is 0 Å². The van der Waals surface area contributed by atoms with Crippen LogP contribution in [0, 0.1) is 0 Å². The maximum Gasteiger partial charge on any atom is 0.246 e. The van der Waals surface area contributed by atoms with E-state index in [0.29, 0.717) is 6.54 Å². The van der Waals surface area contributed by atoms with Crippen molar-refractivity contribution in [3.05, 3.63) is 102 Å². The molecule has 1 amide bonds. The standard InChI is InChI=1S/C24H24N6O/c1-19(22-9-11-23(12-10-22)30-18-25-17-27-30)28(2)24(31)13-8-21-14-26-29(16-21)15-20-6-4-3-5-7-20/h3-14,16-19H,15H2,1-2H3/b13-8+/t19-/m0/s1. The van der Waals surface area contributed by atoms with Crippen LogP contribution in [0.1, 0.15) is 29.7 Å². The van der Waals surface area contributed by atoms with Gasteiger partial charge in [-0.2, -0.15) is 10.2 Å². The molecule has 0 saturated heterocycles. The molecule has 0 fully saturated rings. The molecule has 0 spiro atoms. The molecule has 0 saturated carbocycles. The summed E-state index contributed by atoms with van der Waals surface area (Å²) in [6, 6.07) is 18.0. The Balaban J connectivity index is 1.37. The van der Waals surface area contributed by atoms with E-state index in [1.165, 1.54) is 11.9 Å². The summed E-state index contributed by atoms with van der Waals surface area (Å²) in [5, 5.41) is 8.50. The van der Waals surface area contributed by atoms with Crippen LogP contribution in [0.3, 0.4) is 0 Å². The van der Waals surface area contributed by atoms with E-state index in [4.69, 9.17) is 0 Å². The normalized spacial score (nSPS) is 12.2.